The molecule has 1 aliphatic heterocycles. The van der Waals surface area contributed by atoms with Crippen LogP contribution in [0.3, 0.4) is 0 Å². The first kappa shape index (κ1) is 16.6. The summed E-state index contributed by atoms with van der Waals surface area (Å²) in [6.45, 7) is 0.320. The molecule has 0 bridgehead atoms. The van der Waals surface area contributed by atoms with Gasteiger partial charge in [0.15, 0.2) is 5.82 Å². The van der Waals surface area contributed by atoms with Gasteiger partial charge in [-0.1, -0.05) is 0 Å². The molecule has 3 heterocycles. The Labute approximate surface area is 146 Å². The highest BCUT2D eigenvalue weighted by molar-refractivity contribution is 5.97. The van der Waals surface area contributed by atoms with Gasteiger partial charge in [0.05, 0.1) is 12.5 Å². The number of nitrogens with one attached hydrogen (secondary N) is 2. The van der Waals surface area contributed by atoms with Crippen LogP contribution in [0.15, 0.2) is 30.5 Å². The van der Waals surface area contributed by atoms with Gasteiger partial charge in [-0.25, -0.2) is 0 Å². The lowest BCUT2D eigenvalue weighted by Gasteiger charge is -2.25. The fourth-order valence-corrected chi connectivity index (χ4v) is 3.25. The maximum absolute atomic E-state index is 12.9. The number of rotatable bonds is 3. The topological polar surface area (TPSA) is 75.6 Å². The van der Waals surface area contributed by atoms with E-state index in [1.54, 1.807) is 22.9 Å². The zero-order valence-electron chi connectivity index (χ0n) is 13.7. The van der Waals surface area contributed by atoms with Crippen LogP contribution in [0.2, 0.25) is 0 Å². The lowest BCUT2D eigenvalue weighted by atomic mass is 9.97. The lowest BCUT2D eigenvalue weighted by molar-refractivity contribution is -0.179. The van der Waals surface area contributed by atoms with Crippen molar-refractivity contribution < 1.29 is 18.0 Å². The number of halogens is 3. The van der Waals surface area contributed by atoms with Gasteiger partial charge < -0.3 is 14.9 Å². The number of aromatic amines is 1. The maximum Gasteiger partial charge on any atom is 0.392 e. The molecule has 1 amide bonds. The summed E-state index contributed by atoms with van der Waals surface area (Å²) in [4.78, 5) is 15.4. The molecular formula is C17H16F3N5O. The summed E-state index contributed by atoms with van der Waals surface area (Å²) in [6.07, 6.45) is -2.60. The van der Waals surface area contributed by atoms with E-state index in [0.29, 0.717) is 17.2 Å². The Balaban J connectivity index is 1.44. The SMILES string of the molecule is O=C(NCc1nnc2n1CC[C@H](C(F)(F)F)C2)c1ccc2[nH]ccc2c1. The van der Waals surface area contributed by atoms with E-state index in [2.05, 4.69) is 20.5 Å². The number of hydrogen-bond acceptors (Lipinski definition) is 3. The second kappa shape index (κ2) is 6.15. The molecule has 0 saturated carbocycles. The van der Waals surface area contributed by atoms with E-state index in [4.69, 9.17) is 0 Å². The largest absolute Gasteiger partial charge is 0.392 e. The van der Waals surface area contributed by atoms with Crippen molar-refractivity contribution in [2.75, 3.05) is 0 Å². The minimum Gasteiger partial charge on any atom is -0.361 e. The molecule has 0 radical (unpaired) electrons. The summed E-state index contributed by atoms with van der Waals surface area (Å²) in [6, 6.07) is 7.17. The number of aromatic nitrogens is 4. The molecule has 0 aliphatic carbocycles. The number of H-pyrrole nitrogens is 1. The van der Waals surface area contributed by atoms with Gasteiger partial charge in [-0.05, 0) is 30.7 Å². The predicted molar refractivity (Wildman–Crippen MR) is 87.4 cm³/mol. The summed E-state index contributed by atoms with van der Waals surface area (Å²) >= 11 is 0. The zero-order valence-corrected chi connectivity index (χ0v) is 13.7. The average molecular weight is 363 g/mol. The van der Waals surface area contributed by atoms with Crippen molar-refractivity contribution in [2.24, 2.45) is 5.92 Å². The monoisotopic (exact) mass is 363 g/mol. The summed E-state index contributed by atoms with van der Waals surface area (Å²) in [5.74, 6) is -0.864. The fourth-order valence-electron chi connectivity index (χ4n) is 3.25. The van der Waals surface area contributed by atoms with Crippen LogP contribution < -0.4 is 5.32 Å². The van der Waals surface area contributed by atoms with Crippen LogP contribution in [-0.4, -0.2) is 31.8 Å². The standard InChI is InChI=1S/C17H16F3N5O/c18-17(19,20)12-4-6-25-14(8-12)23-24-15(25)9-22-16(26)11-1-2-13-10(7-11)3-5-21-13/h1-3,5,7,12,21H,4,6,8-9H2,(H,22,26)/t12-/m0/s1. The van der Waals surface area contributed by atoms with Crippen LogP contribution in [0.5, 0.6) is 0 Å². The van der Waals surface area contributed by atoms with Crippen molar-refractivity contribution in [3.05, 3.63) is 47.7 Å². The third-order valence-corrected chi connectivity index (χ3v) is 4.72. The molecule has 6 nitrogen and oxygen atoms in total. The number of carbonyl (C=O) groups is 1. The van der Waals surface area contributed by atoms with Crippen LogP contribution in [-0.2, 0) is 19.5 Å². The van der Waals surface area contributed by atoms with Crippen LogP contribution in [0.4, 0.5) is 13.2 Å². The average Bonchev–Trinajstić information content (AvgIpc) is 3.24. The zero-order chi connectivity index (χ0) is 18.3. The quantitative estimate of drug-likeness (QED) is 0.751. The fraction of sp³-hybridized carbons (Fsp3) is 0.353. The molecule has 1 atom stereocenters. The van der Waals surface area contributed by atoms with Crippen LogP contribution >= 0.6 is 0 Å². The third-order valence-electron chi connectivity index (χ3n) is 4.72. The van der Waals surface area contributed by atoms with Gasteiger partial charge in [0.1, 0.15) is 5.82 Å². The Morgan fingerprint density at radius 1 is 1.31 bits per heavy atom. The Kier molecular flexibility index (Phi) is 3.93. The van der Waals surface area contributed by atoms with Crippen molar-refractivity contribution >= 4 is 16.8 Å². The van der Waals surface area contributed by atoms with Crippen LogP contribution in [0, 0.1) is 5.92 Å². The molecule has 1 aromatic carbocycles. The molecule has 2 aromatic heterocycles. The molecule has 9 heteroatoms. The number of fused-ring (bicyclic) bond motifs is 2. The van der Waals surface area contributed by atoms with E-state index in [9.17, 15) is 18.0 Å². The van der Waals surface area contributed by atoms with Crippen molar-refractivity contribution in [1.82, 2.24) is 25.1 Å². The van der Waals surface area contributed by atoms with E-state index in [0.717, 1.165) is 10.9 Å². The van der Waals surface area contributed by atoms with Gasteiger partial charge in [-0.3, -0.25) is 4.79 Å². The molecule has 0 unspecified atom stereocenters. The first-order valence-corrected chi connectivity index (χ1v) is 8.25. The molecular weight excluding hydrogens is 347 g/mol. The molecule has 0 spiro atoms. The van der Waals surface area contributed by atoms with E-state index in [1.807, 2.05) is 12.1 Å². The van der Waals surface area contributed by atoms with Gasteiger partial charge >= 0.3 is 6.18 Å². The molecule has 1 aliphatic rings. The highest BCUT2D eigenvalue weighted by Gasteiger charge is 2.42. The van der Waals surface area contributed by atoms with Gasteiger partial charge in [-0.15, -0.1) is 10.2 Å². The van der Waals surface area contributed by atoms with Crippen molar-refractivity contribution in [2.45, 2.75) is 32.1 Å². The number of amides is 1. The summed E-state index contributed by atoms with van der Waals surface area (Å²) < 4.78 is 40.2. The number of carbonyl (C=O) groups excluding carboxylic acids is 1. The van der Waals surface area contributed by atoms with Crippen LogP contribution in [0.1, 0.15) is 28.4 Å². The van der Waals surface area contributed by atoms with Gasteiger partial charge in [-0.2, -0.15) is 13.2 Å². The van der Waals surface area contributed by atoms with Gasteiger partial charge in [0.2, 0.25) is 0 Å². The highest BCUT2D eigenvalue weighted by atomic mass is 19.4. The van der Waals surface area contributed by atoms with E-state index in [1.165, 1.54) is 0 Å². The van der Waals surface area contributed by atoms with Crippen molar-refractivity contribution in [3.8, 4) is 0 Å². The first-order chi connectivity index (χ1) is 12.4. The first-order valence-electron chi connectivity index (χ1n) is 8.25. The maximum atomic E-state index is 12.9. The smallest absolute Gasteiger partial charge is 0.361 e. The normalized spacial score (nSPS) is 17.3. The van der Waals surface area contributed by atoms with Crippen molar-refractivity contribution in [3.63, 3.8) is 0 Å². The molecule has 136 valence electrons. The van der Waals surface area contributed by atoms with Gasteiger partial charge in [0.25, 0.3) is 5.91 Å². The summed E-state index contributed by atoms with van der Waals surface area (Å²) in [7, 11) is 0. The third kappa shape index (κ3) is 3.04. The van der Waals surface area contributed by atoms with E-state index < -0.39 is 12.1 Å². The van der Waals surface area contributed by atoms with Crippen LogP contribution in [0.25, 0.3) is 10.9 Å². The number of benzene rings is 1. The van der Waals surface area contributed by atoms with Crippen molar-refractivity contribution in [1.29, 1.82) is 0 Å². The van der Waals surface area contributed by atoms with Gasteiger partial charge in [0, 0.05) is 35.6 Å². The molecule has 0 fully saturated rings. The summed E-state index contributed by atoms with van der Waals surface area (Å²) in [5, 5.41) is 11.5. The molecule has 0 saturated heterocycles. The Morgan fingerprint density at radius 2 is 2.15 bits per heavy atom. The second-order valence-electron chi connectivity index (χ2n) is 6.38. The minimum absolute atomic E-state index is 0.000354. The van der Waals surface area contributed by atoms with E-state index >= 15 is 0 Å². The molecule has 26 heavy (non-hydrogen) atoms. The Hall–Kier alpha value is -2.84. The Morgan fingerprint density at radius 3 is 2.96 bits per heavy atom. The molecule has 2 N–H and O–H groups in total. The number of nitrogens with zero attached hydrogens (tertiary/aromatic N) is 3. The minimum atomic E-state index is -4.22. The number of hydrogen-bond donors (Lipinski definition) is 2. The van der Waals surface area contributed by atoms with E-state index in [-0.39, 0.29) is 31.8 Å². The lowest BCUT2D eigenvalue weighted by Crippen LogP contribution is -2.32. The Bertz CT molecular complexity index is 959. The summed E-state index contributed by atoms with van der Waals surface area (Å²) in [5.41, 5.74) is 1.44. The highest BCUT2D eigenvalue weighted by Crippen LogP contribution is 2.34. The predicted octanol–water partition coefficient (Wildman–Crippen LogP) is 2.81. The second-order valence-corrected chi connectivity index (χ2v) is 6.38. The molecule has 3 aromatic rings. The number of alkyl halides is 3. The molecule has 4 rings (SSSR count).